The van der Waals surface area contributed by atoms with Crippen molar-refractivity contribution >= 4 is 21.6 Å². The Morgan fingerprint density at radius 3 is 3.05 bits per heavy atom. The lowest BCUT2D eigenvalue weighted by Gasteiger charge is -2.20. The maximum atomic E-state index is 12.7. The lowest BCUT2D eigenvalue weighted by Crippen LogP contribution is -2.38. The highest BCUT2D eigenvalue weighted by molar-refractivity contribution is 7.89. The van der Waals surface area contributed by atoms with Crippen LogP contribution in [0.1, 0.15) is 19.8 Å². The summed E-state index contributed by atoms with van der Waals surface area (Å²) in [4.78, 5) is 15.6. The van der Waals surface area contributed by atoms with Crippen LogP contribution in [0.3, 0.4) is 0 Å². The van der Waals surface area contributed by atoms with Crippen molar-refractivity contribution in [1.82, 2.24) is 14.6 Å². The Hall–Kier alpha value is -1.67. The number of anilines is 1. The van der Waals surface area contributed by atoms with Crippen molar-refractivity contribution in [2.45, 2.75) is 24.8 Å². The van der Waals surface area contributed by atoms with E-state index in [9.17, 15) is 13.2 Å². The fourth-order valence-corrected chi connectivity index (χ4v) is 3.61. The highest BCUT2D eigenvalue weighted by atomic mass is 32.2. The number of aromatic nitrogens is 1. The predicted octanol–water partition coefficient (Wildman–Crippen LogP) is 0.414. The van der Waals surface area contributed by atoms with Crippen LogP contribution in [-0.4, -0.2) is 49.8 Å². The zero-order valence-corrected chi connectivity index (χ0v) is 12.8. The number of carbonyl (C=O) groups is 1. The Labute approximate surface area is 124 Å². The fraction of sp³-hybridized carbons (Fsp3) is 0.538. The Kier molecular flexibility index (Phi) is 5.13. The van der Waals surface area contributed by atoms with Crippen molar-refractivity contribution in [3.63, 3.8) is 0 Å². The monoisotopic (exact) mass is 312 g/mol. The maximum Gasteiger partial charge on any atom is 0.263 e. The van der Waals surface area contributed by atoms with Gasteiger partial charge in [-0.3, -0.25) is 4.79 Å². The molecule has 0 atom stereocenters. The second kappa shape index (κ2) is 6.86. The van der Waals surface area contributed by atoms with Crippen LogP contribution < -0.4 is 10.6 Å². The third kappa shape index (κ3) is 3.70. The van der Waals surface area contributed by atoms with Gasteiger partial charge in [-0.1, -0.05) is 6.92 Å². The topological polar surface area (TPSA) is 91.4 Å². The highest BCUT2D eigenvalue weighted by Gasteiger charge is 2.30. The first-order valence-electron chi connectivity index (χ1n) is 7.01. The molecule has 1 aliphatic rings. The van der Waals surface area contributed by atoms with E-state index in [1.165, 1.54) is 10.5 Å². The molecule has 1 aromatic rings. The molecule has 7 nitrogen and oxygen atoms in total. The normalized spacial score (nSPS) is 17.1. The lowest BCUT2D eigenvalue weighted by atomic mass is 10.4. The summed E-state index contributed by atoms with van der Waals surface area (Å²) in [6.07, 6.45) is 2.91. The van der Waals surface area contributed by atoms with Crippen molar-refractivity contribution in [2.24, 2.45) is 0 Å². The second-order valence-electron chi connectivity index (χ2n) is 4.82. The number of sulfonamides is 1. The number of pyridine rings is 1. The summed E-state index contributed by atoms with van der Waals surface area (Å²) in [5, 5.41) is 5.71. The SMILES string of the molecule is CCCNc1cccnc1S(=O)(=O)N1CCCNC(=O)C1. The average molecular weight is 312 g/mol. The molecular weight excluding hydrogens is 292 g/mol. The average Bonchev–Trinajstić information content (AvgIpc) is 2.70. The van der Waals surface area contributed by atoms with Gasteiger partial charge in [0.2, 0.25) is 5.91 Å². The standard InChI is InChI=1S/C13H20N4O3S/c1-2-6-14-11-5-3-7-16-13(11)21(19,20)17-9-4-8-15-12(18)10-17/h3,5,7,14H,2,4,6,8-10H2,1H3,(H,15,18). The molecule has 1 aliphatic heterocycles. The minimum absolute atomic E-state index is 0.0202. The summed E-state index contributed by atoms with van der Waals surface area (Å²) in [6.45, 7) is 3.30. The third-order valence-electron chi connectivity index (χ3n) is 3.15. The van der Waals surface area contributed by atoms with Crippen molar-refractivity contribution < 1.29 is 13.2 Å². The van der Waals surface area contributed by atoms with E-state index in [4.69, 9.17) is 0 Å². The molecule has 1 aromatic heterocycles. The molecule has 2 N–H and O–H groups in total. The van der Waals surface area contributed by atoms with Crippen LogP contribution in [0, 0.1) is 0 Å². The van der Waals surface area contributed by atoms with Crippen molar-refractivity contribution in [1.29, 1.82) is 0 Å². The molecule has 0 saturated carbocycles. The van der Waals surface area contributed by atoms with Crippen LogP contribution in [-0.2, 0) is 14.8 Å². The number of amides is 1. The highest BCUT2D eigenvalue weighted by Crippen LogP contribution is 2.22. The van der Waals surface area contributed by atoms with Crippen LogP contribution in [0.25, 0.3) is 0 Å². The molecule has 8 heteroatoms. The molecule has 21 heavy (non-hydrogen) atoms. The molecule has 1 amide bonds. The molecular formula is C13H20N4O3S. The zero-order chi connectivity index (χ0) is 15.3. The van der Waals surface area contributed by atoms with Gasteiger partial charge in [-0.05, 0) is 25.0 Å². The van der Waals surface area contributed by atoms with E-state index >= 15 is 0 Å². The van der Waals surface area contributed by atoms with Crippen molar-refractivity contribution in [3.8, 4) is 0 Å². The van der Waals surface area contributed by atoms with Crippen LogP contribution in [0.15, 0.2) is 23.4 Å². The zero-order valence-electron chi connectivity index (χ0n) is 12.0. The molecule has 0 radical (unpaired) electrons. The molecule has 116 valence electrons. The van der Waals surface area contributed by atoms with Crippen molar-refractivity contribution in [2.75, 3.05) is 31.5 Å². The minimum Gasteiger partial charge on any atom is -0.383 e. The van der Waals surface area contributed by atoms with E-state index < -0.39 is 10.0 Å². The third-order valence-corrected chi connectivity index (χ3v) is 4.95. The molecule has 0 bridgehead atoms. The van der Waals surface area contributed by atoms with Crippen LogP contribution in [0.4, 0.5) is 5.69 Å². The minimum atomic E-state index is -3.78. The first kappa shape index (κ1) is 15.7. The molecule has 1 saturated heterocycles. The van der Waals surface area contributed by atoms with Gasteiger partial charge in [0.15, 0.2) is 5.03 Å². The lowest BCUT2D eigenvalue weighted by molar-refractivity contribution is -0.120. The summed E-state index contributed by atoms with van der Waals surface area (Å²) in [6, 6.07) is 3.37. The number of nitrogens with one attached hydrogen (secondary N) is 2. The largest absolute Gasteiger partial charge is 0.383 e. The van der Waals surface area contributed by atoms with E-state index in [-0.39, 0.29) is 17.5 Å². The molecule has 1 fully saturated rings. The maximum absolute atomic E-state index is 12.7. The summed E-state index contributed by atoms with van der Waals surface area (Å²) >= 11 is 0. The van der Waals surface area contributed by atoms with Crippen LogP contribution in [0.5, 0.6) is 0 Å². The van der Waals surface area contributed by atoms with Gasteiger partial charge in [0.05, 0.1) is 12.2 Å². The van der Waals surface area contributed by atoms with Gasteiger partial charge in [0.1, 0.15) is 0 Å². The van der Waals surface area contributed by atoms with E-state index in [0.29, 0.717) is 31.7 Å². The van der Waals surface area contributed by atoms with Gasteiger partial charge >= 0.3 is 0 Å². The molecule has 2 heterocycles. The fourth-order valence-electron chi connectivity index (χ4n) is 2.10. The first-order chi connectivity index (χ1) is 10.1. The summed E-state index contributed by atoms with van der Waals surface area (Å²) < 4.78 is 26.6. The number of hydrogen-bond acceptors (Lipinski definition) is 5. The van der Waals surface area contributed by atoms with Gasteiger partial charge in [-0.15, -0.1) is 0 Å². The molecule has 0 aliphatic carbocycles. The van der Waals surface area contributed by atoms with Crippen LogP contribution >= 0.6 is 0 Å². The summed E-state index contributed by atoms with van der Waals surface area (Å²) in [5.74, 6) is -0.282. The van der Waals surface area contributed by atoms with Crippen LogP contribution in [0.2, 0.25) is 0 Å². The smallest absolute Gasteiger partial charge is 0.263 e. The number of carbonyl (C=O) groups excluding carboxylic acids is 1. The first-order valence-corrected chi connectivity index (χ1v) is 8.45. The van der Waals surface area contributed by atoms with Gasteiger partial charge in [0.25, 0.3) is 10.0 Å². The van der Waals surface area contributed by atoms with E-state index in [1.54, 1.807) is 12.1 Å². The number of rotatable bonds is 5. The number of nitrogens with zero attached hydrogens (tertiary/aromatic N) is 2. The Morgan fingerprint density at radius 1 is 1.48 bits per heavy atom. The predicted molar refractivity (Wildman–Crippen MR) is 79.4 cm³/mol. The second-order valence-corrected chi connectivity index (χ2v) is 6.68. The Balaban J connectivity index is 2.32. The van der Waals surface area contributed by atoms with Gasteiger partial charge in [-0.25, -0.2) is 13.4 Å². The van der Waals surface area contributed by atoms with E-state index in [0.717, 1.165) is 6.42 Å². The quantitative estimate of drug-likeness (QED) is 0.822. The molecule has 0 aromatic carbocycles. The Bertz CT molecular complexity index is 603. The number of hydrogen-bond donors (Lipinski definition) is 2. The summed E-state index contributed by atoms with van der Waals surface area (Å²) in [5.41, 5.74) is 0.476. The van der Waals surface area contributed by atoms with E-state index in [2.05, 4.69) is 15.6 Å². The van der Waals surface area contributed by atoms with Crippen molar-refractivity contribution in [3.05, 3.63) is 18.3 Å². The molecule has 2 rings (SSSR count). The van der Waals surface area contributed by atoms with Gasteiger partial charge in [0, 0.05) is 25.8 Å². The molecule has 0 unspecified atom stereocenters. The molecule has 0 spiro atoms. The van der Waals surface area contributed by atoms with Gasteiger partial charge in [-0.2, -0.15) is 4.31 Å². The van der Waals surface area contributed by atoms with E-state index in [1.807, 2.05) is 6.92 Å². The Morgan fingerprint density at radius 2 is 2.29 bits per heavy atom. The summed E-state index contributed by atoms with van der Waals surface area (Å²) in [7, 11) is -3.78. The van der Waals surface area contributed by atoms with Gasteiger partial charge < -0.3 is 10.6 Å².